The maximum atomic E-state index is 13.0. The molecule has 0 spiro atoms. The van der Waals surface area contributed by atoms with E-state index in [-0.39, 0.29) is 17.5 Å². The predicted octanol–water partition coefficient (Wildman–Crippen LogP) is 4.47. The number of benzene rings is 3. The molecule has 0 aromatic heterocycles. The molecule has 0 saturated carbocycles. The van der Waals surface area contributed by atoms with Gasteiger partial charge in [0, 0.05) is 38.9 Å². The number of hydrogen-bond donors (Lipinski definition) is 1. The van der Waals surface area contributed by atoms with Crippen molar-refractivity contribution in [3.05, 3.63) is 119 Å². The van der Waals surface area contributed by atoms with E-state index in [1.165, 1.54) is 22.3 Å². The second kappa shape index (κ2) is 12.0. The van der Waals surface area contributed by atoms with Crippen LogP contribution in [0.5, 0.6) is 0 Å². The van der Waals surface area contributed by atoms with E-state index < -0.39 is 0 Å². The van der Waals surface area contributed by atoms with Crippen LogP contribution in [0.4, 0.5) is 0 Å². The highest BCUT2D eigenvalue weighted by atomic mass is 16.2. The molecule has 0 aliphatic carbocycles. The van der Waals surface area contributed by atoms with Crippen molar-refractivity contribution in [3.63, 3.8) is 0 Å². The Bertz CT molecular complexity index is 1120. The Balaban J connectivity index is 1.35. The monoisotopic (exact) mass is 464 g/mol. The van der Waals surface area contributed by atoms with Gasteiger partial charge in [0.05, 0.1) is 6.04 Å². The van der Waals surface area contributed by atoms with Crippen LogP contribution in [0.25, 0.3) is 0 Å². The van der Waals surface area contributed by atoms with Gasteiger partial charge in [-0.2, -0.15) is 5.26 Å². The standard InChI is InChI=1S/C30H32N4O/c1-24-12-14-25(15-13-24)16-17-32-23-28(22-31)30(35)34-20-18-33(19-21-34)29(26-8-4-2-5-9-26)27-10-6-3-7-11-27/h2-15,23,29,32H,16-21H2,1H3/b28-23-. The summed E-state index contributed by atoms with van der Waals surface area (Å²) in [5.41, 5.74) is 5.11. The number of rotatable bonds is 8. The first-order valence-electron chi connectivity index (χ1n) is 12.2. The number of nitriles is 1. The minimum absolute atomic E-state index is 0.143. The highest BCUT2D eigenvalue weighted by molar-refractivity contribution is 5.97. The molecule has 1 heterocycles. The summed E-state index contributed by atoms with van der Waals surface area (Å²) in [4.78, 5) is 17.2. The van der Waals surface area contributed by atoms with Crippen molar-refractivity contribution in [2.45, 2.75) is 19.4 Å². The fourth-order valence-corrected chi connectivity index (χ4v) is 4.53. The van der Waals surface area contributed by atoms with Crippen LogP contribution in [0.2, 0.25) is 0 Å². The smallest absolute Gasteiger partial charge is 0.266 e. The fraction of sp³-hybridized carbons (Fsp3) is 0.267. The summed E-state index contributed by atoms with van der Waals surface area (Å²) in [7, 11) is 0. The summed E-state index contributed by atoms with van der Waals surface area (Å²) in [6.07, 6.45) is 2.41. The molecule has 1 aliphatic heterocycles. The molecule has 1 fully saturated rings. The summed E-state index contributed by atoms with van der Waals surface area (Å²) in [5.74, 6) is -0.203. The molecule has 1 amide bonds. The van der Waals surface area contributed by atoms with Crippen molar-refractivity contribution in [3.8, 4) is 6.07 Å². The molecule has 178 valence electrons. The van der Waals surface area contributed by atoms with Gasteiger partial charge in [-0.25, -0.2) is 0 Å². The zero-order chi connectivity index (χ0) is 24.5. The highest BCUT2D eigenvalue weighted by Gasteiger charge is 2.29. The van der Waals surface area contributed by atoms with Crippen LogP contribution in [0, 0.1) is 18.3 Å². The van der Waals surface area contributed by atoms with Gasteiger partial charge < -0.3 is 10.2 Å². The number of carbonyl (C=O) groups is 1. The highest BCUT2D eigenvalue weighted by Crippen LogP contribution is 2.29. The summed E-state index contributed by atoms with van der Waals surface area (Å²) in [6.45, 7) is 5.43. The molecular formula is C30H32N4O. The van der Waals surface area contributed by atoms with Gasteiger partial charge in [0.25, 0.3) is 5.91 Å². The molecule has 5 heteroatoms. The van der Waals surface area contributed by atoms with E-state index in [9.17, 15) is 10.1 Å². The summed E-state index contributed by atoms with van der Waals surface area (Å²) < 4.78 is 0. The van der Waals surface area contributed by atoms with Crippen LogP contribution >= 0.6 is 0 Å². The molecule has 0 unspecified atom stereocenters. The van der Waals surface area contributed by atoms with Crippen molar-refractivity contribution < 1.29 is 4.79 Å². The van der Waals surface area contributed by atoms with Crippen molar-refractivity contribution in [1.29, 1.82) is 5.26 Å². The SMILES string of the molecule is Cc1ccc(CCN/C=C(/C#N)C(=O)N2CCN(C(c3ccccc3)c3ccccc3)CC2)cc1. The lowest BCUT2D eigenvalue weighted by molar-refractivity contribution is -0.128. The van der Waals surface area contributed by atoms with E-state index in [2.05, 4.69) is 96.0 Å². The average Bonchev–Trinajstić information content (AvgIpc) is 2.91. The molecule has 35 heavy (non-hydrogen) atoms. The van der Waals surface area contributed by atoms with Crippen molar-refractivity contribution in [2.24, 2.45) is 0 Å². The molecular weight excluding hydrogens is 432 g/mol. The first-order chi connectivity index (χ1) is 17.2. The second-order valence-electron chi connectivity index (χ2n) is 8.91. The van der Waals surface area contributed by atoms with Gasteiger partial charge in [-0.3, -0.25) is 9.69 Å². The lowest BCUT2D eigenvalue weighted by Gasteiger charge is -2.39. The van der Waals surface area contributed by atoms with E-state index in [1.54, 1.807) is 11.1 Å². The fourth-order valence-electron chi connectivity index (χ4n) is 4.53. The lowest BCUT2D eigenvalue weighted by atomic mass is 9.96. The first-order valence-corrected chi connectivity index (χ1v) is 12.2. The van der Waals surface area contributed by atoms with Gasteiger partial charge >= 0.3 is 0 Å². The zero-order valence-electron chi connectivity index (χ0n) is 20.2. The maximum Gasteiger partial charge on any atom is 0.266 e. The van der Waals surface area contributed by atoms with Crippen LogP contribution in [0.3, 0.4) is 0 Å². The van der Waals surface area contributed by atoms with Crippen molar-refractivity contribution in [2.75, 3.05) is 32.7 Å². The van der Waals surface area contributed by atoms with Crippen molar-refractivity contribution >= 4 is 5.91 Å². The van der Waals surface area contributed by atoms with Crippen LogP contribution < -0.4 is 5.32 Å². The third kappa shape index (κ3) is 6.38. The minimum atomic E-state index is -0.203. The molecule has 1 aliphatic rings. The molecule has 0 radical (unpaired) electrons. The Morgan fingerprint density at radius 2 is 1.49 bits per heavy atom. The van der Waals surface area contributed by atoms with E-state index in [0.29, 0.717) is 19.6 Å². The van der Waals surface area contributed by atoms with Gasteiger partial charge in [-0.05, 0) is 30.0 Å². The van der Waals surface area contributed by atoms with Crippen LogP contribution in [-0.4, -0.2) is 48.4 Å². The Kier molecular flexibility index (Phi) is 8.32. The number of amides is 1. The molecule has 1 N–H and O–H groups in total. The van der Waals surface area contributed by atoms with Crippen molar-refractivity contribution in [1.82, 2.24) is 15.1 Å². The van der Waals surface area contributed by atoms with Gasteiger partial charge in [-0.15, -0.1) is 0 Å². The van der Waals surface area contributed by atoms with Crippen LogP contribution in [0.1, 0.15) is 28.3 Å². The first kappa shape index (κ1) is 24.3. The number of carbonyl (C=O) groups excluding carboxylic acids is 1. The summed E-state index contributed by atoms with van der Waals surface area (Å²) in [5, 5.41) is 12.7. The zero-order valence-corrected chi connectivity index (χ0v) is 20.2. The number of nitrogens with one attached hydrogen (secondary N) is 1. The quantitative estimate of drug-likeness (QED) is 0.304. The van der Waals surface area contributed by atoms with Gasteiger partial charge in [0.2, 0.25) is 0 Å². The molecule has 1 saturated heterocycles. The Morgan fingerprint density at radius 3 is 2.03 bits per heavy atom. The third-order valence-electron chi connectivity index (χ3n) is 6.47. The topological polar surface area (TPSA) is 59.4 Å². The maximum absolute atomic E-state index is 13.0. The normalized spacial score (nSPS) is 14.5. The minimum Gasteiger partial charge on any atom is -0.389 e. The van der Waals surface area contributed by atoms with Gasteiger partial charge in [0.1, 0.15) is 11.6 Å². The summed E-state index contributed by atoms with van der Waals surface area (Å²) in [6, 6.07) is 31.6. The Labute approximate surface area is 208 Å². The van der Waals surface area contributed by atoms with E-state index in [1.807, 2.05) is 12.1 Å². The largest absolute Gasteiger partial charge is 0.389 e. The second-order valence-corrected chi connectivity index (χ2v) is 8.91. The Hall–Kier alpha value is -3.88. The third-order valence-corrected chi connectivity index (χ3v) is 6.47. The molecule has 3 aromatic rings. The number of aryl methyl sites for hydroxylation is 1. The van der Waals surface area contributed by atoms with E-state index in [4.69, 9.17) is 0 Å². The molecule has 0 bridgehead atoms. The number of hydrogen-bond acceptors (Lipinski definition) is 4. The van der Waals surface area contributed by atoms with E-state index in [0.717, 1.165) is 19.5 Å². The van der Waals surface area contributed by atoms with Crippen LogP contribution in [-0.2, 0) is 11.2 Å². The molecule has 0 atom stereocenters. The number of nitrogens with zero attached hydrogens (tertiary/aromatic N) is 3. The van der Waals surface area contributed by atoms with E-state index >= 15 is 0 Å². The summed E-state index contributed by atoms with van der Waals surface area (Å²) >= 11 is 0. The van der Waals surface area contributed by atoms with Gasteiger partial charge in [0.15, 0.2) is 0 Å². The average molecular weight is 465 g/mol. The van der Waals surface area contributed by atoms with Gasteiger partial charge in [-0.1, -0.05) is 90.5 Å². The molecule has 5 nitrogen and oxygen atoms in total. The lowest BCUT2D eigenvalue weighted by Crippen LogP contribution is -2.50. The predicted molar refractivity (Wildman–Crippen MR) is 139 cm³/mol. The molecule has 4 rings (SSSR count). The molecule has 3 aromatic carbocycles. The van der Waals surface area contributed by atoms with Crippen LogP contribution in [0.15, 0.2) is 96.7 Å². The number of piperazine rings is 1. The Morgan fingerprint density at radius 1 is 0.914 bits per heavy atom.